The minimum Gasteiger partial charge on any atom is -0.342 e. The fourth-order valence-electron chi connectivity index (χ4n) is 3.41. The van der Waals surface area contributed by atoms with Crippen LogP contribution in [0.1, 0.15) is 34.0 Å². The summed E-state index contributed by atoms with van der Waals surface area (Å²) >= 11 is 8.81. The zero-order valence-corrected chi connectivity index (χ0v) is 21.7. The molecule has 35 heavy (non-hydrogen) atoms. The van der Waals surface area contributed by atoms with Crippen LogP contribution in [0, 0.1) is 6.92 Å². The van der Waals surface area contributed by atoms with Crippen molar-refractivity contribution in [2.75, 3.05) is 11.1 Å². The average Bonchev–Trinajstić information content (AvgIpc) is 3.40. The van der Waals surface area contributed by atoms with E-state index in [-0.39, 0.29) is 17.6 Å². The first-order valence-electron chi connectivity index (χ1n) is 10.7. The Morgan fingerprint density at radius 3 is 2.57 bits per heavy atom. The van der Waals surface area contributed by atoms with Crippen molar-refractivity contribution in [3.63, 3.8) is 0 Å². The summed E-state index contributed by atoms with van der Waals surface area (Å²) in [4.78, 5) is 30.7. The summed E-state index contributed by atoms with van der Waals surface area (Å²) in [5.74, 6) is 0.226. The van der Waals surface area contributed by atoms with Gasteiger partial charge in [0, 0.05) is 17.5 Å². The second-order valence-corrected chi connectivity index (χ2v) is 10.3. The molecule has 180 valence electrons. The van der Waals surface area contributed by atoms with Gasteiger partial charge in [0.2, 0.25) is 5.91 Å². The number of aromatic nitrogens is 4. The lowest BCUT2D eigenvalue weighted by Gasteiger charge is -2.14. The number of aryl methyl sites for hydroxylation is 1. The standard InChI is InChI=1S/C24H23ClN6O2S2/c1-14(26-22(33)17-11-7-8-12-18(17)25)21-29-30-24(31(21)3)34-13-19(32)27-23-28-20(15(2)35-23)16-9-5-4-6-10-16/h4-12,14H,13H2,1-3H3,(H,26,33)(H,27,28,32)/t14-/m0/s1. The SMILES string of the molecule is Cc1sc(NC(=O)CSc2nnc([C@H](C)NC(=O)c3ccccc3Cl)n2C)nc1-c1ccccc1. The molecule has 2 amide bonds. The fraction of sp³-hybridized carbons (Fsp3) is 0.208. The van der Waals surface area contributed by atoms with Crippen LogP contribution < -0.4 is 10.6 Å². The van der Waals surface area contributed by atoms with Gasteiger partial charge in [-0.25, -0.2) is 4.98 Å². The minimum absolute atomic E-state index is 0.144. The molecule has 2 aromatic carbocycles. The third-order valence-electron chi connectivity index (χ3n) is 5.14. The third kappa shape index (κ3) is 5.90. The molecule has 0 radical (unpaired) electrons. The first-order valence-corrected chi connectivity index (χ1v) is 12.9. The lowest BCUT2D eigenvalue weighted by molar-refractivity contribution is -0.113. The van der Waals surface area contributed by atoms with Gasteiger partial charge in [0.05, 0.1) is 28.1 Å². The quantitative estimate of drug-likeness (QED) is 0.309. The van der Waals surface area contributed by atoms with Crippen LogP contribution in [0.25, 0.3) is 11.3 Å². The van der Waals surface area contributed by atoms with Crippen LogP contribution in [-0.4, -0.2) is 37.3 Å². The highest BCUT2D eigenvalue weighted by Crippen LogP contribution is 2.30. The summed E-state index contributed by atoms with van der Waals surface area (Å²) in [6.07, 6.45) is 0. The predicted octanol–water partition coefficient (Wildman–Crippen LogP) is 5.12. The van der Waals surface area contributed by atoms with Gasteiger partial charge in [-0.1, -0.05) is 65.8 Å². The molecule has 0 saturated heterocycles. The molecule has 2 N–H and O–H groups in total. The molecule has 4 rings (SSSR count). The highest BCUT2D eigenvalue weighted by molar-refractivity contribution is 7.99. The maximum Gasteiger partial charge on any atom is 0.253 e. The molecule has 2 heterocycles. The molecule has 8 nitrogen and oxygen atoms in total. The van der Waals surface area contributed by atoms with Gasteiger partial charge in [0.1, 0.15) is 0 Å². The maximum atomic E-state index is 12.6. The van der Waals surface area contributed by atoms with Crippen LogP contribution in [0.5, 0.6) is 0 Å². The normalized spacial score (nSPS) is 11.8. The Bertz CT molecular complexity index is 1360. The molecule has 0 aliphatic heterocycles. The number of benzene rings is 2. The van der Waals surface area contributed by atoms with Crippen LogP contribution in [0.2, 0.25) is 5.02 Å². The van der Waals surface area contributed by atoms with E-state index >= 15 is 0 Å². The zero-order chi connectivity index (χ0) is 24.9. The van der Waals surface area contributed by atoms with Crippen molar-refractivity contribution in [1.29, 1.82) is 0 Å². The molecule has 0 saturated carbocycles. The number of carbonyl (C=O) groups is 2. The van der Waals surface area contributed by atoms with Crippen molar-refractivity contribution in [2.24, 2.45) is 7.05 Å². The lowest BCUT2D eigenvalue weighted by atomic mass is 10.1. The lowest BCUT2D eigenvalue weighted by Crippen LogP contribution is -2.28. The van der Waals surface area contributed by atoms with Crippen LogP contribution in [0.4, 0.5) is 5.13 Å². The van der Waals surface area contributed by atoms with Gasteiger partial charge < -0.3 is 15.2 Å². The monoisotopic (exact) mass is 526 g/mol. The summed E-state index contributed by atoms with van der Waals surface area (Å²) in [5.41, 5.74) is 2.27. The van der Waals surface area contributed by atoms with Gasteiger partial charge in [-0.3, -0.25) is 9.59 Å². The van der Waals surface area contributed by atoms with E-state index in [0.717, 1.165) is 16.1 Å². The summed E-state index contributed by atoms with van der Waals surface area (Å²) in [7, 11) is 1.80. The highest BCUT2D eigenvalue weighted by atomic mass is 35.5. The Kier molecular flexibility index (Phi) is 7.84. The van der Waals surface area contributed by atoms with Crippen LogP contribution >= 0.6 is 34.7 Å². The van der Waals surface area contributed by atoms with Gasteiger partial charge in [0.25, 0.3) is 5.91 Å². The van der Waals surface area contributed by atoms with Crippen LogP contribution in [-0.2, 0) is 11.8 Å². The molecule has 1 atom stereocenters. The number of halogens is 1. The van der Waals surface area contributed by atoms with Crippen molar-refractivity contribution >= 4 is 51.6 Å². The number of rotatable bonds is 8. The molecule has 0 spiro atoms. The van der Waals surface area contributed by atoms with Crippen LogP contribution in [0.3, 0.4) is 0 Å². The minimum atomic E-state index is -0.408. The van der Waals surface area contributed by atoms with Crippen molar-refractivity contribution in [1.82, 2.24) is 25.1 Å². The molecular formula is C24H23ClN6O2S2. The fourth-order valence-corrected chi connectivity index (χ4v) is 5.20. The average molecular weight is 527 g/mol. The number of anilines is 1. The molecule has 0 aliphatic carbocycles. The number of amides is 2. The Morgan fingerprint density at radius 1 is 1.11 bits per heavy atom. The third-order valence-corrected chi connectivity index (χ3v) is 7.38. The summed E-state index contributed by atoms with van der Waals surface area (Å²) in [6, 6.07) is 16.3. The number of thioether (sulfide) groups is 1. The first kappa shape index (κ1) is 24.9. The molecule has 11 heteroatoms. The molecule has 4 aromatic rings. The topological polar surface area (TPSA) is 102 Å². The van der Waals surface area contributed by atoms with Crippen molar-refractivity contribution < 1.29 is 9.59 Å². The van der Waals surface area contributed by atoms with E-state index in [1.54, 1.807) is 35.9 Å². The molecule has 0 aliphatic rings. The first-order chi connectivity index (χ1) is 16.8. The summed E-state index contributed by atoms with van der Waals surface area (Å²) in [5, 5.41) is 15.6. The summed E-state index contributed by atoms with van der Waals surface area (Å²) in [6.45, 7) is 3.80. The number of nitrogens with zero attached hydrogens (tertiary/aromatic N) is 4. The van der Waals surface area contributed by atoms with E-state index in [1.807, 2.05) is 44.2 Å². The van der Waals surface area contributed by atoms with Crippen LogP contribution in [0.15, 0.2) is 59.8 Å². The Labute approximate surface area is 216 Å². The van der Waals surface area contributed by atoms with E-state index in [1.165, 1.54) is 23.1 Å². The predicted molar refractivity (Wildman–Crippen MR) is 140 cm³/mol. The number of nitrogens with one attached hydrogen (secondary N) is 2. The van der Waals surface area contributed by atoms with E-state index in [9.17, 15) is 9.59 Å². The number of hydrogen-bond acceptors (Lipinski definition) is 7. The van der Waals surface area contributed by atoms with E-state index in [4.69, 9.17) is 11.6 Å². The Hall–Kier alpha value is -3.21. The van der Waals surface area contributed by atoms with Crippen molar-refractivity contribution in [3.8, 4) is 11.3 Å². The molecule has 0 bridgehead atoms. The van der Waals surface area contributed by atoms with Crippen molar-refractivity contribution in [3.05, 3.63) is 75.9 Å². The summed E-state index contributed by atoms with van der Waals surface area (Å²) < 4.78 is 1.76. The molecule has 0 unspecified atom stereocenters. The van der Waals surface area contributed by atoms with E-state index in [0.29, 0.717) is 26.7 Å². The van der Waals surface area contributed by atoms with E-state index < -0.39 is 6.04 Å². The second kappa shape index (κ2) is 11.0. The molecule has 0 fully saturated rings. The van der Waals surface area contributed by atoms with Gasteiger partial charge in [0.15, 0.2) is 16.1 Å². The zero-order valence-electron chi connectivity index (χ0n) is 19.3. The molecule has 2 aromatic heterocycles. The largest absolute Gasteiger partial charge is 0.342 e. The molecular weight excluding hydrogens is 504 g/mol. The van der Waals surface area contributed by atoms with Gasteiger partial charge in [-0.15, -0.1) is 21.5 Å². The second-order valence-electron chi connectivity index (χ2n) is 7.70. The Morgan fingerprint density at radius 2 is 1.83 bits per heavy atom. The van der Waals surface area contributed by atoms with Gasteiger partial charge in [-0.05, 0) is 26.0 Å². The highest BCUT2D eigenvalue weighted by Gasteiger charge is 2.20. The van der Waals surface area contributed by atoms with Gasteiger partial charge in [-0.2, -0.15) is 0 Å². The Balaban J connectivity index is 1.34. The number of carbonyl (C=O) groups excluding carboxylic acids is 2. The van der Waals surface area contributed by atoms with Gasteiger partial charge >= 0.3 is 0 Å². The smallest absolute Gasteiger partial charge is 0.253 e. The number of thiazole rings is 1. The van der Waals surface area contributed by atoms with E-state index in [2.05, 4.69) is 25.8 Å². The maximum absolute atomic E-state index is 12.6. The van der Waals surface area contributed by atoms with Crippen molar-refractivity contribution in [2.45, 2.75) is 25.0 Å². The number of hydrogen-bond donors (Lipinski definition) is 2.